The standard InChI is InChI=1S/C19H23F2N3OS.HI/c1-22-19(23-9-13-3-6-18(21)15(7-13)11-25)24-10-14-4-5-17(20)8-16(14)12-26-2;/h3-8,25H,9-12H2,1-2H3,(H2,22,23,24);1H. The summed E-state index contributed by atoms with van der Waals surface area (Å²) >= 11 is 1.64. The van der Waals surface area contributed by atoms with Gasteiger partial charge in [-0.15, -0.1) is 24.0 Å². The third kappa shape index (κ3) is 7.27. The van der Waals surface area contributed by atoms with Crippen molar-refractivity contribution in [2.45, 2.75) is 25.4 Å². The second-order valence-electron chi connectivity index (χ2n) is 5.71. The first-order valence-corrected chi connectivity index (χ1v) is 9.55. The van der Waals surface area contributed by atoms with Gasteiger partial charge in [-0.05, 0) is 47.2 Å². The van der Waals surface area contributed by atoms with Gasteiger partial charge in [-0.1, -0.05) is 12.1 Å². The number of thioether (sulfide) groups is 1. The summed E-state index contributed by atoms with van der Waals surface area (Å²) in [5, 5.41) is 15.5. The van der Waals surface area contributed by atoms with Crippen LogP contribution in [0.15, 0.2) is 41.4 Å². The zero-order valence-electron chi connectivity index (χ0n) is 15.3. The van der Waals surface area contributed by atoms with Crippen LogP contribution in [0.2, 0.25) is 0 Å². The number of guanidine groups is 1. The Morgan fingerprint density at radius 2 is 1.78 bits per heavy atom. The maximum Gasteiger partial charge on any atom is 0.191 e. The molecule has 0 amide bonds. The van der Waals surface area contributed by atoms with E-state index in [4.69, 9.17) is 5.11 Å². The molecule has 0 aliphatic rings. The van der Waals surface area contributed by atoms with E-state index < -0.39 is 5.82 Å². The summed E-state index contributed by atoms with van der Waals surface area (Å²) in [5.41, 5.74) is 3.06. The van der Waals surface area contributed by atoms with Crippen molar-refractivity contribution in [2.24, 2.45) is 4.99 Å². The molecule has 2 rings (SSSR count). The van der Waals surface area contributed by atoms with E-state index in [0.717, 1.165) is 22.4 Å². The molecular formula is C19H24F2IN3OS. The van der Waals surface area contributed by atoms with Gasteiger partial charge < -0.3 is 15.7 Å². The zero-order chi connectivity index (χ0) is 18.9. The van der Waals surface area contributed by atoms with E-state index in [1.807, 2.05) is 6.26 Å². The van der Waals surface area contributed by atoms with Gasteiger partial charge in [-0.2, -0.15) is 11.8 Å². The summed E-state index contributed by atoms with van der Waals surface area (Å²) in [5.74, 6) is 0.660. The van der Waals surface area contributed by atoms with Crippen molar-refractivity contribution in [2.75, 3.05) is 13.3 Å². The van der Waals surface area contributed by atoms with Crippen LogP contribution < -0.4 is 10.6 Å². The highest BCUT2D eigenvalue weighted by Gasteiger charge is 2.07. The Bertz CT molecular complexity index is 775. The lowest BCUT2D eigenvalue weighted by Crippen LogP contribution is -2.36. The maximum atomic E-state index is 13.4. The predicted octanol–water partition coefficient (Wildman–Crippen LogP) is 3.80. The van der Waals surface area contributed by atoms with Crippen molar-refractivity contribution in [3.8, 4) is 0 Å². The van der Waals surface area contributed by atoms with Gasteiger partial charge in [-0.3, -0.25) is 4.99 Å². The van der Waals surface area contributed by atoms with Crippen molar-refractivity contribution in [1.82, 2.24) is 10.6 Å². The minimum absolute atomic E-state index is 0. The van der Waals surface area contributed by atoms with Crippen LogP contribution in [0.4, 0.5) is 8.78 Å². The number of aliphatic hydroxyl groups excluding tert-OH is 1. The van der Waals surface area contributed by atoms with E-state index in [9.17, 15) is 8.78 Å². The summed E-state index contributed by atoms with van der Waals surface area (Å²) in [6, 6.07) is 9.39. The number of hydrogen-bond donors (Lipinski definition) is 3. The first kappa shape index (κ1) is 23.6. The lowest BCUT2D eigenvalue weighted by atomic mass is 10.1. The molecule has 4 nitrogen and oxygen atoms in total. The predicted molar refractivity (Wildman–Crippen MR) is 118 cm³/mol. The molecule has 8 heteroatoms. The van der Waals surface area contributed by atoms with Crippen LogP contribution >= 0.6 is 35.7 Å². The third-order valence-electron chi connectivity index (χ3n) is 3.88. The second kappa shape index (κ2) is 12.1. The summed E-state index contributed by atoms with van der Waals surface area (Å²) in [6.45, 7) is 0.616. The van der Waals surface area contributed by atoms with Crippen LogP contribution in [0.5, 0.6) is 0 Å². The van der Waals surface area contributed by atoms with Gasteiger partial charge in [-0.25, -0.2) is 8.78 Å². The molecule has 0 spiro atoms. The molecule has 0 bridgehead atoms. The molecule has 0 aromatic heterocycles. The molecule has 0 saturated carbocycles. The zero-order valence-corrected chi connectivity index (χ0v) is 18.4. The van der Waals surface area contributed by atoms with Crippen LogP contribution in [-0.2, 0) is 25.4 Å². The Kier molecular flexibility index (Phi) is 10.6. The molecule has 0 heterocycles. The van der Waals surface area contributed by atoms with Gasteiger partial charge in [0.1, 0.15) is 11.6 Å². The van der Waals surface area contributed by atoms with Crippen LogP contribution in [-0.4, -0.2) is 24.4 Å². The van der Waals surface area contributed by atoms with E-state index in [-0.39, 0.29) is 42.0 Å². The first-order chi connectivity index (χ1) is 12.6. The fourth-order valence-electron chi connectivity index (χ4n) is 2.50. The van der Waals surface area contributed by atoms with E-state index in [1.54, 1.807) is 43.1 Å². The number of nitrogens with one attached hydrogen (secondary N) is 2. The average molecular weight is 507 g/mol. The number of rotatable bonds is 7. The number of aliphatic imine (C=N–C) groups is 1. The van der Waals surface area contributed by atoms with Crippen LogP contribution in [0.25, 0.3) is 0 Å². The van der Waals surface area contributed by atoms with Gasteiger partial charge >= 0.3 is 0 Å². The van der Waals surface area contributed by atoms with Gasteiger partial charge in [0.05, 0.1) is 6.61 Å². The minimum Gasteiger partial charge on any atom is -0.392 e. The Hall–Kier alpha value is -1.39. The van der Waals surface area contributed by atoms with Gasteiger partial charge in [0, 0.05) is 31.5 Å². The van der Waals surface area contributed by atoms with Crippen LogP contribution in [0.3, 0.4) is 0 Å². The molecule has 0 fully saturated rings. The molecule has 0 radical (unpaired) electrons. The number of hydrogen-bond acceptors (Lipinski definition) is 3. The lowest BCUT2D eigenvalue weighted by Gasteiger charge is -2.14. The number of halogens is 3. The molecule has 2 aromatic rings. The smallest absolute Gasteiger partial charge is 0.191 e. The molecular weight excluding hydrogens is 483 g/mol. The van der Waals surface area contributed by atoms with Crippen molar-refractivity contribution in [3.63, 3.8) is 0 Å². The minimum atomic E-state index is -0.420. The van der Waals surface area contributed by atoms with Crippen molar-refractivity contribution < 1.29 is 13.9 Å². The van der Waals surface area contributed by atoms with E-state index in [2.05, 4.69) is 15.6 Å². The molecule has 0 aliphatic carbocycles. The molecule has 3 N–H and O–H groups in total. The second-order valence-corrected chi connectivity index (χ2v) is 6.58. The van der Waals surface area contributed by atoms with Crippen LogP contribution in [0.1, 0.15) is 22.3 Å². The Balaban J connectivity index is 0.00000364. The molecule has 0 atom stereocenters. The molecule has 2 aromatic carbocycles. The molecule has 0 aliphatic heterocycles. The highest BCUT2D eigenvalue weighted by Crippen LogP contribution is 2.16. The molecule has 148 valence electrons. The van der Waals surface area contributed by atoms with E-state index >= 15 is 0 Å². The molecule has 0 saturated heterocycles. The summed E-state index contributed by atoms with van der Waals surface area (Å²) in [7, 11) is 1.66. The highest BCUT2D eigenvalue weighted by atomic mass is 127. The van der Waals surface area contributed by atoms with Crippen molar-refractivity contribution >= 4 is 41.7 Å². The highest BCUT2D eigenvalue weighted by molar-refractivity contribution is 14.0. The van der Waals surface area contributed by atoms with E-state index in [1.165, 1.54) is 12.1 Å². The molecule has 0 unspecified atom stereocenters. The quantitative estimate of drug-likeness (QED) is 0.303. The first-order valence-electron chi connectivity index (χ1n) is 8.16. The lowest BCUT2D eigenvalue weighted by molar-refractivity contribution is 0.275. The third-order valence-corrected chi connectivity index (χ3v) is 4.48. The summed E-state index contributed by atoms with van der Waals surface area (Å²) in [4.78, 5) is 4.16. The fourth-order valence-corrected chi connectivity index (χ4v) is 3.08. The Morgan fingerprint density at radius 1 is 1.04 bits per heavy atom. The Labute approximate surface area is 179 Å². The summed E-state index contributed by atoms with van der Waals surface area (Å²) < 4.78 is 26.9. The van der Waals surface area contributed by atoms with Crippen LogP contribution in [0, 0.1) is 11.6 Å². The largest absolute Gasteiger partial charge is 0.392 e. The number of aliphatic hydroxyl groups is 1. The maximum absolute atomic E-state index is 13.4. The van der Waals surface area contributed by atoms with E-state index in [0.29, 0.717) is 19.0 Å². The average Bonchev–Trinajstić information content (AvgIpc) is 2.64. The number of nitrogens with zero attached hydrogens (tertiary/aromatic N) is 1. The normalized spacial score (nSPS) is 11.1. The fraction of sp³-hybridized carbons (Fsp3) is 0.316. The Morgan fingerprint density at radius 3 is 2.44 bits per heavy atom. The SMILES string of the molecule is CN=C(NCc1ccc(F)c(CO)c1)NCc1ccc(F)cc1CSC.I. The summed E-state index contributed by atoms with van der Waals surface area (Å²) in [6.07, 6.45) is 1.98. The molecule has 27 heavy (non-hydrogen) atoms. The van der Waals surface area contributed by atoms with Gasteiger partial charge in [0.2, 0.25) is 0 Å². The number of benzene rings is 2. The van der Waals surface area contributed by atoms with Gasteiger partial charge in [0.15, 0.2) is 5.96 Å². The van der Waals surface area contributed by atoms with Gasteiger partial charge in [0.25, 0.3) is 0 Å². The van der Waals surface area contributed by atoms with Crippen molar-refractivity contribution in [1.29, 1.82) is 0 Å². The topological polar surface area (TPSA) is 56.7 Å². The van der Waals surface area contributed by atoms with Crippen molar-refractivity contribution in [3.05, 3.63) is 70.3 Å². The monoisotopic (exact) mass is 507 g/mol.